The summed E-state index contributed by atoms with van der Waals surface area (Å²) in [5.74, 6) is -0.195. The van der Waals surface area contributed by atoms with E-state index in [1.165, 1.54) is 83.5 Å². The van der Waals surface area contributed by atoms with Crippen LogP contribution in [0.4, 0.5) is 0 Å². The molecule has 3 aliphatic heterocycles. The molecule has 256 valence electrons. The number of cyclic esters (lactones) is 1. The zero-order valence-corrected chi connectivity index (χ0v) is 28.1. The maximum absolute atomic E-state index is 11.7. The molecule has 2 saturated heterocycles. The Morgan fingerprint density at radius 1 is 0.727 bits per heavy atom. The lowest BCUT2D eigenvalue weighted by atomic mass is 9.99. The molecule has 7 unspecified atom stereocenters. The van der Waals surface area contributed by atoms with Gasteiger partial charge < -0.3 is 29.5 Å². The molecule has 0 bridgehead atoms. The minimum Gasteiger partial charge on any atom is -0.455 e. The van der Waals surface area contributed by atoms with Crippen LogP contribution in [-0.4, -0.2) is 70.1 Å². The van der Waals surface area contributed by atoms with Crippen LogP contribution in [0.1, 0.15) is 168 Å². The quantitative estimate of drug-likeness (QED) is 0.0703. The van der Waals surface area contributed by atoms with Crippen molar-refractivity contribution in [1.82, 2.24) is 0 Å². The molecule has 2 fully saturated rings. The summed E-state index contributed by atoms with van der Waals surface area (Å²) in [7, 11) is 0. The molecule has 3 rings (SSSR count). The van der Waals surface area contributed by atoms with Gasteiger partial charge in [0.25, 0.3) is 0 Å². The van der Waals surface area contributed by atoms with Crippen molar-refractivity contribution in [3.05, 3.63) is 11.6 Å². The van der Waals surface area contributed by atoms with E-state index in [0.29, 0.717) is 19.3 Å². The van der Waals surface area contributed by atoms with Gasteiger partial charge in [-0.25, -0.2) is 4.79 Å². The van der Waals surface area contributed by atoms with Gasteiger partial charge in [0.15, 0.2) is 0 Å². The van der Waals surface area contributed by atoms with E-state index in [9.17, 15) is 20.1 Å². The van der Waals surface area contributed by atoms with Crippen molar-refractivity contribution in [2.75, 3.05) is 0 Å². The predicted octanol–water partition coefficient (Wildman–Crippen LogP) is 7.86. The average molecular weight is 623 g/mol. The van der Waals surface area contributed by atoms with E-state index in [1.807, 2.05) is 13.0 Å². The summed E-state index contributed by atoms with van der Waals surface area (Å²) in [4.78, 5) is 11.7. The van der Waals surface area contributed by atoms with Gasteiger partial charge in [-0.2, -0.15) is 0 Å². The highest BCUT2D eigenvalue weighted by atomic mass is 16.6. The SMILES string of the molecule is CCCCCCCCCCCCCCCCCC(O)C1CC(O)C(C2CCC(C(O)CCCCCC3=C[C@H](C)OC3=O)O2)O1. The van der Waals surface area contributed by atoms with Gasteiger partial charge in [-0.05, 0) is 51.5 Å². The minimum atomic E-state index is -0.643. The summed E-state index contributed by atoms with van der Waals surface area (Å²) in [6, 6.07) is 0. The van der Waals surface area contributed by atoms with Crippen LogP contribution < -0.4 is 0 Å². The molecule has 0 amide bonds. The monoisotopic (exact) mass is 622 g/mol. The first-order valence-corrected chi connectivity index (χ1v) is 18.7. The van der Waals surface area contributed by atoms with Crippen LogP contribution in [0.3, 0.4) is 0 Å². The first-order valence-electron chi connectivity index (χ1n) is 18.7. The average Bonchev–Trinajstić information content (AvgIpc) is 3.73. The summed E-state index contributed by atoms with van der Waals surface area (Å²) >= 11 is 0. The summed E-state index contributed by atoms with van der Waals surface area (Å²) in [6.07, 6.45) is 25.4. The minimum absolute atomic E-state index is 0.119. The summed E-state index contributed by atoms with van der Waals surface area (Å²) in [6.45, 7) is 4.15. The van der Waals surface area contributed by atoms with Crippen LogP contribution in [-0.2, 0) is 19.0 Å². The molecule has 0 aliphatic carbocycles. The Bertz CT molecular complexity index is 801. The molecular formula is C37H66O7. The van der Waals surface area contributed by atoms with E-state index in [1.54, 1.807) is 0 Å². The molecule has 7 heteroatoms. The largest absolute Gasteiger partial charge is 0.455 e. The molecule has 7 nitrogen and oxygen atoms in total. The number of unbranched alkanes of at least 4 members (excludes halogenated alkanes) is 16. The Morgan fingerprint density at radius 2 is 1.25 bits per heavy atom. The zero-order chi connectivity index (χ0) is 31.6. The lowest BCUT2D eigenvalue weighted by Gasteiger charge is -2.25. The molecule has 3 aliphatic rings. The smallest absolute Gasteiger partial charge is 0.334 e. The maximum Gasteiger partial charge on any atom is 0.334 e. The van der Waals surface area contributed by atoms with Crippen molar-refractivity contribution >= 4 is 5.97 Å². The number of aliphatic hydroxyl groups is 3. The van der Waals surface area contributed by atoms with Crippen LogP contribution in [0.15, 0.2) is 11.6 Å². The fraction of sp³-hybridized carbons (Fsp3) is 0.919. The predicted molar refractivity (Wildman–Crippen MR) is 175 cm³/mol. The summed E-state index contributed by atoms with van der Waals surface area (Å²) < 4.78 is 17.5. The van der Waals surface area contributed by atoms with E-state index in [2.05, 4.69) is 6.92 Å². The molecular weight excluding hydrogens is 556 g/mol. The Morgan fingerprint density at radius 3 is 1.80 bits per heavy atom. The van der Waals surface area contributed by atoms with Crippen molar-refractivity contribution in [1.29, 1.82) is 0 Å². The lowest BCUT2D eigenvalue weighted by Crippen LogP contribution is -2.37. The van der Waals surface area contributed by atoms with Gasteiger partial charge in [-0.15, -0.1) is 0 Å². The molecule has 8 atom stereocenters. The number of hydrogen-bond donors (Lipinski definition) is 3. The topological polar surface area (TPSA) is 105 Å². The fourth-order valence-corrected chi connectivity index (χ4v) is 7.27. The Hall–Kier alpha value is -0.990. The number of hydrogen-bond acceptors (Lipinski definition) is 7. The number of aliphatic hydroxyl groups excluding tert-OH is 3. The Kier molecular flexibility index (Phi) is 18.5. The summed E-state index contributed by atoms with van der Waals surface area (Å²) in [5, 5.41) is 32.2. The van der Waals surface area contributed by atoms with E-state index < -0.39 is 24.4 Å². The van der Waals surface area contributed by atoms with E-state index in [-0.39, 0.29) is 30.4 Å². The molecule has 0 aromatic rings. The molecule has 0 saturated carbocycles. The van der Waals surface area contributed by atoms with Crippen molar-refractivity contribution in [3.8, 4) is 0 Å². The van der Waals surface area contributed by atoms with Crippen molar-refractivity contribution < 1.29 is 34.3 Å². The second-order valence-corrected chi connectivity index (χ2v) is 14.0. The second kappa shape index (κ2) is 21.7. The van der Waals surface area contributed by atoms with Gasteiger partial charge >= 0.3 is 5.97 Å². The fourth-order valence-electron chi connectivity index (χ4n) is 7.27. The molecule has 0 spiro atoms. The Labute approximate surface area is 268 Å². The second-order valence-electron chi connectivity index (χ2n) is 14.0. The van der Waals surface area contributed by atoms with Gasteiger partial charge in [0.05, 0.1) is 36.6 Å². The number of ether oxygens (including phenoxy) is 3. The van der Waals surface area contributed by atoms with E-state index in [0.717, 1.165) is 56.9 Å². The highest BCUT2D eigenvalue weighted by Crippen LogP contribution is 2.35. The third-order valence-electron chi connectivity index (χ3n) is 10.0. The van der Waals surface area contributed by atoms with Gasteiger partial charge in [0.2, 0.25) is 0 Å². The van der Waals surface area contributed by atoms with Crippen LogP contribution in [0.2, 0.25) is 0 Å². The molecule has 44 heavy (non-hydrogen) atoms. The van der Waals surface area contributed by atoms with Gasteiger partial charge in [0, 0.05) is 12.0 Å². The third kappa shape index (κ3) is 13.8. The van der Waals surface area contributed by atoms with Crippen molar-refractivity contribution in [2.45, 2.75) is 217 Å². The normalized spacial score (nSPS) is 28.4. The Balaban J connectivity index is 1.17. The molecule has 0 radical (unpaired) electrons. The van der Waals surface area contributed by atoms with Crippen molar-refractivity contribution in [2.24, 2.45) is 0 Å². The zero-order valence-electron chi connectivity index (χ0n) is 28.1. The van der Waals surface area contributed by atoms with Crippen LogP contribution in [0, 0.1) is 0 Å². The first kappa shape index (κ1) is 37.5. The lowest BCUT2D eigenvalue weighted by molar-refractivity contribution is -0.139. The number of esters is 1. The third-order valence-corrected chi connectivity index (χ3v) is 10.0. The number of rotatable bonds is 25. The summed E-state index contributed by atoms with van der Waals surface area (Å²) in [5.41, 5.74) is 0.772. The van der Waals surface area contributed by atoms with E-state index in [4.69, 9.17) is 14.2 Å². The van der Waals surface area contributed by atoms with E-state index >= 15 is 0 Å². The van der Waals surface area contributed by atoms with Gasteiger partial charge in [-0.1, -0.05) is 116 Å². The number of carbonyl (C=O) groups excluding carboxylic acids is 1. The molecule has 0 aromatic carbocycles. The number of carbonyl (C=O) groups is 1. The van der Waals surface area contributed by atoms with Gasteiger partial charge in [-0.3, -0.25) is 0 Å². The maximum atomic E-state index is 11.7. The standard InChI is InChI=1S/C37H66O7/c1-3-4-5-6-7-8-9-10-11-12-13-14-15-16-19-23-31(39)35-27-32(40)36(44-35)34-25-24-33(43-34)30(38)22-20-17-18-21-29-26-28(2)42-37(29)41/h26,28,30-36,38-40H,3-25,27H2,1-2H3/t28-,30?,31?,32?,33?,34?,35?,36?/m0/s1. The first-order chi connectivity index (χ1) is 21.4. The highest BCUT2D eigenvalue weighted by molar-refractivity contribution is 5.90. The molecule has 3 N–H and O–H groups in total. The molecule has 3 heterocycles. The van der Waals surface area contributed by atoms with Gasteiger partial charge in [0.1, 0.15) is 12.2 Å². The highest BCUT2D eigenvalue weighted by Gasteiger charge is 2.45. The molecule has 0 aromatic heterocycles. The van der Waals surface area contributed by atoms with Crippen LogP contribution >= 0.6 is 0 Å². The van der Waals surface area contributed by atoms with Crippen LogP contribution in [0.25, 0.3) is 0 Å². The van der Waals surface area contributed by atoms with Crippen molar-refractivity contribution in [3.63, 3.8) is 0 Å². The van der Waals surface area contributed by atoms with Crippen LogP contribution in [0.5, 0.6) is 0 Å².